The van der Waals surface area contributed by atoms with Crippen molar-refractivity contribution in [3.05, 3.63) is 59.7 Å². The van der Waals surface area contributed by atoms with E-state index in [0.29, 0.717) is 30.2 Å². The molecule has 1 saturated carbocycles. The number of ether oxygens (including phenoxy) is 1. The Kier molecular flexibility index (Phi) is 8.03. The second-order valence-corrected chi connectivity index (χ2v) is 8.11. The fourth-order valence-electron chi connectivity index (χ4n) is 3.54. The molecule has 0 radical (unpaired) electrons. The second kappa shape index (κ2) is 10.9. The van der Waals surface area contributed by atoms with Crippen molar-refractivity contribution in [1.29, 1.82) is 0 Å². The van der Waals surface area contributed by atoms with Crippen LogP contribution in [0, 0.1) is 5.92 Å². The molecule has 1 aliphatic carbocycles. The summed E-state index contributed by atoms with van der Waals surface area (Å²) in [6, 6.07) is 14.0. The molecule has 0 heterocycles. The molecule has 1 fully saturated rings. The van der Waals surface area contributed by atoms with E-state index in [9.17, 15) is 9.59 Å². The zero-order valence-corrected chi connectivity index (χ0v) is 17.9. The van der Waals surface area contributed by atoms with Gasteiger partial charge in [-0.2, -0.15) is 0 Å². The fourth-order valence-corrected chi connectivity index (χ4v) is 3.54. The molecular formula is C24H31N3O4. The van der Waals surface area contributed by atoms with E-state index in [2.05, 4.69) is 10.2 Å². The summed E-state index contributed by atoms with van der Waals surface area (Å²) in [6.07, 6.45) is 3.64. The van der Waals surface area contributed by atoms with Gasteiger partial charge in [0, 0.05) is 24.3 Å². The van der Waals surface area contributed by atoms with Gasteiger partial charge in [-0.25, -0.2) is 0 Å². The molecular weight excluding hydrogens is 394 g/mol. The summed E-state index contributed by atoms with van der Waals surface area (Å²) < 4.78 is 5.21. The molecule has 31 heavy (non-hydrogen) atoms. The first-order valence-corrected chi connectivity index (χ1v) is 10.7. The predicted octanol–water partition coefficient (Wildman–Crippen LogP) is 3.35. The number of carboxylic acid groups (broad SMARTS) is 1. The Hall–Kier alpha value is -2.90. The van der Waals surface area contributed by atoms with Crippen molar-refractivity contribution in [2.75, 3.05) is 25.5 Å². The largest absolute Gasteiger partial charge is 0.497 e. The number of anilines is 1. The summed E-state index contributed by atoms with van der Waals surface area (Å²) in [5.41, 5.74) is 7.99. The highest BCUT2D eigenvalue weighted by molar-refractivity contribution is 6.04. The van der Waals surface area contributed by atoms with Crippen LogP contribution in [-0.4, -0.2) is 48.1 Å². The summed E-state index contributed by atoms with van der Waals surface area (Å²) in [6.45, 7) is 2.43. The zero-order chi connectivity index (χ0) is 22.2. The van der Waals surface area contributed by atoms with Gasteiger partial charge in [-0.1, -0.05) is 24.3 Å². The van der Waals surface area contributed by atoms with E-state index in [1.165, 1.54) is 12.8 Å². The first-order valence-electron chi connectivity index (χ1n) is 10.7. The van der Waals surface area contributed by atoms with Gasteiger partial charge in [-0.15, -0.1) is 0 Å². The van der Waals surface area contributed by atoms with E-state index < -0.39 is 12.0 Å². The highest BCUT2D eigenvalue weighted by Gasteiger charge is 2.25. The lowest BCUT2D eigenvalue weighted by atomic mass is 10.1. The number of amides is 1. The molecule has 0 spiro atoms. The van der Waals surface area contributed by atoms with Gasteiger partial charge in [0.25, 0.3) is 5.91 Å². The van der Waals surface area contributed by atoms with Crippen LogP contribution < -0.4 is 15.8 Å². The Bertz CT molecular complexity index is 898. The van der Waals surface area contributed by atoms with Crippen molar-refractivity contribution in [3.63, 3.8) is 0 Å². The molecule has 2 aromatic carbocycles. The molecule has 7 nitrogen and oxygen atoms in total. The molecule has 0 saturated heterocycles. The normalized spacial score (nSPS) is 14.3. The smallest absolute Gasteiger partial charge is 0.320 e. The van der Waals surface area contributed by atoms with Crippen molar-refractivity contribution < 1.29 is 19.4 Å². The molecule has 7 heteroatoms. The van der Waals surface area contributed by atoms with Crippen molar-refractivity contribution in [2.24, 2.45) is 11.7 Å². The number of benzene rings is 2. The highest BCUT2D eigenvalue weighted by atomic mass is 16.5. The Labute approximate surface area is 183 Å². The van der Waals surface area contributed by atoms with Gasteiger partial charge in [0.15, 0.2) is 0 Å². The van der Waals surface area contributed by atoms with Crippen LogP contribution in [0.2, 0.25) is 0 Å². The number of aliphatic carboxylic acids is 1. The number of nitrogens with one attached hydrogen (secondary N) is 1. The third kappa shape index (κ3) is 7.08. The second-order valence-electron chi connectivity index (χ2n) is 8.11. The molecule has 2 aromatic rings. The predicted molar refractivity (Wildman–Crippen MR) is 120 cm³/mol. The van der Waals surface area contributed by atoms with Gasteiger partial charge in [0.2, 0.25) is 0 Å². The number of hydrogen-bond acceptors (Lipinski definition) is 5. The van der Waals surface area contributed by atoms with E-state index >= 15 is 0 Å². The molecule has 1 aliphatic rings. The van der Waals surface area contributed by atoms with Gasteiger partial charge in [-0.3, -0.25) is 14.5 Å². The minimum Gasteiger partial charge on any atom is -0.497 e. The standard InChI is InChI=1S/C24H31N3O4/c1-31-20-8-4-7-18(14-20)23(28)26-22-10-3-2-6-19(22)16-27(15-17-11-12-17)13-5-9-21(25)24(29)30/h2-4,6-8,10,14,17,21H,5,9,11-13,15-16,25H2,1H3,(H,26,28)(H,29,30). The number of carbonyl (C=O) groups is 2. The van der Waals surface area contributed by atoms with Crippen molar-refractivity contribution in [2.45, 2.75) is 38.3 Å². The summed E-state index contributed by atoms with van der Waals surface area (Å²) >= 11 is 0. The number of carbonyl (C=O) groups excluding carboxylic acids is 1. The molecule has 1 atom stereocenters. The average Bonchev–Trinajstić information content (AvgIpc) is 3.58. The van der Waals surface area contributed by atoms with Crippen LogP contribution in [0.1, 0.15) is 41.6 Å². The number of nitrogens with two attached hydrogens (primary N) is 1. The lowest BCUT2D eigenvalue weighted by Gasteiger charge is -2.24. The van der Waals surface area contributed by atoms with Crippen LogP contribution in [0.5, 0.6) is 5.75 Å². The van der Waals surface area contributed by atoms with E-state index in [1.807, 2.05) is 24.3 Å². The molecule has 0 bridgehead atoms. The summed E-state index contributed by atoms with van der Waals surface area (Å²) in [4.78, 5) is 26.1. The maximum absolute atomic E-state index is 12.8. The molecule has 1 unspecified atom stereocenters. The topological polar surface area (TPSA) is 105 Å². The van der Waals surface area contributed by atoms with Gasteiger partial charge in [-0.05, 0) is 68.0 Å². The van der Waals surface area contributed by atoms with E-state index in [4.69, 9.17) is 15.6 Å². The quantitative estimate of drug-likeness (QED) is 0.482. The van der Waals surface area contributed by atoms with Crippen LogP contribution in [0.25, 0.3) is 0 Å². The van der Waals surface area contributed by atoms with Gasteiger partial charge in [0.05, 0.1) is 7.11 Å². The van der Waals surface area contributed by atoms with E-state index in [-0.39, 0.29) is 5.91 Å². The third-order valence-corrected chi connectivity index (χ3v) is 5.51. The molecule has 1 amide bonds. The van der Waals surface area contributed by atoms with Crippen LogP contribution >= 0.6 is 0 Å². The summed E-state index contributed by atoms with van der Waals surface area (Å²) in [5.74, 6) is 0.190. The fraction of sp³-hybridized carbons (Fsp3) is 0.417. The lowest BCUT2D eigenvalue weighted by molar-refractivity contribution is -0.138. The number of nitrogens with zero attached hydrogens (tertiary/aromatic N) is 1. The molecule has 0 aliphatic heterocycles. The van der Waals surface area contributed by atoms with Gasteiger partial charge < -0.3 is 20.9 Å². The Morgan fingerprint density at radius 2 is 2.00 bits per heavy atom. The van der Waals surface area contributed by atoms with Crippen LogP contribution in [-0.2, 0) is 11.3 Å². The first kappa shape index (κ1) is 22.8. The average molecular weight is 426 g/mol. The highest BCUT2D eigenvalue weighted by Crippen LogP contribution is 2.31. The van der Waals surface area contributed by atoms with Crippen LogP contribution in [0.3, 0.4) is 0 Å². The van der Waals surface area contributed by atoms with Gasteiger partial charge >= 0.3 is 5.97 Å². The number of carboxylic acids is 1. The van der Waals surface area contributed by atoms with E-state index in [0.717, 1.165) is 30.8 Å². The maximum atomic E-state index is 12.8. The number of hydrogen-bond donors (Lipinski definition) is 3. The molecule has 4 N–H and O–H groups in total. The van der Waals surface area contributed by atoms with E-state index in [1.54, 1.807) is 31.4 Å². The Morgan fingerprint density at radius 3 is 2.71 bits per heavy atom. The number of para-hydroxylation sites is 1. The lowest BCUT2D eigenvalue weighted by Crippen LogP contribution is -2.32. The van der Waals surface area contributed by atoms with Crippen molar-refractivity contribution in [3.8, 4) is 5.75 Å². The minimum atomic E-state index is -0.959. The van der Waals surface area contributed by atoms with Gasteiger partial charge in [0.1, 0.15) is 11.8 Å². The first-order chi connectivity index (χ1) is 15.0. The zero-order valence-electron chi connectivity index (χ0n) is 17.9. The van der Waals surface area contributed by atoms with Crippen molar-refractivity contribution >= 4 is 17.6 Å². The molecule has 0 aromatic heterocycles. The minimum absolute atomic E-state index is 0.187. The van der Waals surface area contributed by atoms with Crippen LogP contribution in [0.4, 0.5) is 5.69 Å². The maximum Gasteiger partial charge on any atom is 0.320 e. The molecule has 3 rings (SSSR count). The van der Waals surface area contributed by atoms with Crippen LogP contribution in [0.15, 0.2) is 48.5 Å². The summed E-state index contributed by atoms with van der Waals surface area (Å²) in [7, 11) is 1.57. The monoisotopic (exact) mass is 425 g/mol. The summed E-state index contributed by atoms with van der Waals surface area (Å²) in [5, 5.41) is 12.0. The third-order valence-electron chi connectivity index (χ3n) is 5.51. The number of methoxy groups -OCH3 is 1. The molecule has 166 valence electrons. The SMILES string of the molecule is COc1cccc(C(=O)Nc2ccccc2CN(CCCC(N)C(=O)O)CC2CC2)c1. The Balaban J connectivity index is 1.66. The number of rotatable bonds is 12. The Morgan fingerprint density at radius 1 is 1.23 bits per heavy atom. The van der Waals surface area contributed by atoms with Crippen molar-refractivity contribution in [1.82, 2.24) is 4.90 Å².